The normalized spacial score (nSPS) is 16.6. The second-order valence-corrected chi connectivity index (χ2v) is 4.74. The van der Waals surface area contributed by atoms with Gasteiger partial charge in [0.2, 0.25) is 0 Å². The average molecular weight is 263 g/mol. The van der Waals surface area contributed by atoms with Crippen LogP contribution in [0.2, 0.25) is 0 Å². The van der Waals surface area contributed by atoms with Gasteiger partial charge in [0.1, 0.15) is 0 Å². The molecule has 0 saturated carbocycles. The number of carbonyl (C=O) groups excluding carboxylic acids is 1. The first kappa shape index (κ1) is 13.5. The van der Waals surface area contributed by atoms with Crippen LogP contribution in [-0.4, -0.2) is 41.9 Å². The highest BCUT2D eigenvalue weighted by molar-refractivity contribution is 5.94. The number of rotatable bonds is 4. The molecule has 0 aliphatic carbocycles. The van der Waals surface area contributed by atoms with Crippen LogP contribution >= 0.6 is 0 Å². The van der Waals surface area contributed by atoms with Gasteiger partial charge in [-0.2, -0.15) is 0 Å². The molecule has 1 aromatic rings. The number of carbonyl (C=O) groups is 1. The predicted octanol–water partition coefficient (Wildman–Crippen LogP) is -0.407. The predicted molar refractivity (Wildman–Crippen MR) is 70.3 cm³/mol. The van der Waals surface area contributed by atoms with E-state index < -0.39 is 0 Å². The molecule has 1 amide bonds. The standard InChI is InChI=1S/C13H18N4O2/c18-13(16-7-10-3-5-14-6-4-10)11-1-2-12(9-17-19)15-8-11/h1-2,8-10,14,19H,3-7H2,(H,16,18)/p+1. The fourth-order valence-corrected chi connectivity index (χ4v) is 2.21. The maximum Gasteiger partial charge on any atom is 0.252 e. The van der Waals surface area contributed by atoms with Gasteiger partial charge in [0.05, 0.1) is 30.6 Å². The van der Waals surface area contributed by atoms with Crippen molar-refractivity contribution in [3.8, 4) is 0 Å². The smallest absolute Gasteiger partial charge is 0.252 e. The number of hydrogen-bond acceptors (Lipinski definition) is 4. The van der Waals surface area contributed by atoms with Gasteiger partial charge in [-0.1, -0.05) is 5.16 Å². The van der Waals surface area contributed by atoms with E-state index in [4.69, 9.17) is 5.21 Å². The minimum atomic E-state index is -0.102. The number of pyridine rings is 1. The lowest BCUT2D eigenvalue weighted by atomic mass is 9.98. The zero-order chi connectivity index (χ0) is 13.5. The van der Waals surface area contributed by atoms with Gasteiger partial charge >= 0.3 is 0 Å². The molecule has 102 valence electrons. The highest BCUT2D eigenvalue weighted by Crippen LogP contribution is 2.07. The molecule has 0 unspecified atom stereocenters. The molecule has 2 rings (SSSR count). The summed E-state index contributed by atoms with van der Waals surface area (Å²) in [5.41, 5.74) is 1.04. The van der Waals surface area contributed by atoms with Crippen LogP contribution in [0, 0.1) is 5.92 Å². The molecule has 6 nitrogen and oxygen atoms in total. The Morgan fingerprint density at radius 1 is 1.53 bits per heavy atom. The monoisotopic (exact) mass is 263 g/mol. The lowest BCUT2D eigenvalue weighted by Gasteiger charge is -2.20. The zero-order valence-corrected chi connectivity index (χ0v) is 10.7. The third kappa shape index (κ3) is 4.03. The van der Waals surface area contributed by atoms with E-state index in [9.17, 15) is 4.79 Å². The molecule has 0 radical (unpaired) electrons. The highest BCUT2D eigenvalue weighted by Gasteiger charge is 2.16. The van der Waals surface area contributed by atoms with E-state index in [0.29, 0.717) is 17.2 Å². The lowest BCUT2D eigenvalue weighted by molar-refractivity contribution is -0.664. The number of oxime groups is 1. The van der Waals surface area contributed by atoms with Gasteiger partial charge < -0.3 is 15.8 Å². The summed E-state index contributed by atoms with van der Waals surface area (Å²) in [4.78, 5) is 15.9. The van der Waals surface area contributed by atoms with Crippen molar-refractivity contribution < 1.29 is 15.3 Å². The molecule has 19 heavy (non-hydrogen) atoms. The molecule has 0 aromatic carbocycles. The summed E-state index contributed by atoms with van der Waals surface area (Å²) in [5, 5.41) is 16.5. The number of hydrogen-bond donors (Lipinski definition) is 3. The second-order valence-electron chi connectivity index (χ2n) is 4.74. The van der Waals surface area contributed by atoms with Crippen LogP contribution in [0.1, 0.15) is 28.9 Å². The van der Waals surface area contributed by atoms with Crippen molar-refractivity contribution in [3.63, 3.8) is 0 Å². The summed E-state index contributed by atoms with van der Waals surface area (Å²) in [7, 11) is 0. The first-order valence-corrected chi connectivity index (χ1v) is 6.53. The number of nitrogens with zero attached hydrogens (tertiary/aromatic N) is 2. The van der Waals surface area contributed by atoms with Crippen LogP contribution in [0.5, 0.6) is 0 Å². The molecule has 0 spiro atoms. The van der Waals surface area contributed by atoms with Crippen LogP contribution in [0.4, 0.5) is 0 Å². The summed E-state index contributed by atoms with van der Waals surface area (Å²) < 4.78 is 0. The molecule has 4 N–H and O–H groups in total. The zero-order valence-electron chi connectivity index (χ0n) is 10.7. The van der Waals surface area contributed by atoms with E-state index >= 15 is 0 Å². The summed E-state index contributed by atoms with van der Waals surface area (Å²) in [5.74, 6) is 0.484. The number of quaternary nitrogens is 1. The van der Waals surface area contributed by atoms with Crippen LogP contribution in [0.25, 0.3) is 0 Å². The van der Waals surface area contributed by atoms with E-state index in [-0.39, 0.29) is 5.91 Å². The van der Waals surface area contributed by atoms with E-state index in [1.165, 1.54) is 12.4 Å². The Morgan fingerprint density at radius 3 is 2.95 bits per heavy atom. The van der Waals surface area contributed by atoms with Gasteiger partial charge in [0, 0.05) is 25.6 Å². The van der Waals surface area contributed by atoms with Gasteiger partial charge in [0.25, 0.3) is 5.91 Å². The minimum Gasteiger partial charge on any atom is -0.411 e. The average Bonchev–Trinajstić information content (AvgIpc) is 2.47. The molecular weight excluding hydrogens is 244 g/mol. The molecule has 1 aliphatic heterocycles. The molecule has 1 aromatic heterocycles. The molecule has 0 bridgehead atoms. The van der Waals surface area contributed by atoms with Crippen LogP contribution in [0.15, 0.2) is 23.5 Å². The fourth-order valence-electron chi connectivity index (χ4n) is 2.21. The second kappa shape index (κ2) is 6.84. The quantitative estimate of drug-likeness (QED) is 0.392. The fraction of sp³-hybridized carbons (Fsp3) is 0.462. The highest BCUT2D eigenvalue weighted by atomic mass is 16.4. The third-order valence-electron chi connectivity index (χ3n) is 3.35. The van der Waals surface area contributed by atoms with Crippen LogP contribution in [-0.2, 0) is 0 Å². The molecule has 0 atom stereocenters. The van der Waals surface area contributed by atoms with E-state index in [0.717, 1.165) is 32.5 Å². The summed E-state index contributed by atoms with van der Waals surface area (Å²) in [6.07, 6.45) is 5.02. The molecule has 1 aliphatic rings. The third-order valence-corrected chi connectivity index (χ3v) is 3.35. The topological polar surface area (TPSA) is 91.2 Å². The first-order valence-electron chi connectivity index (χ1n) is 6.53. The van der Waals surface area contributed by atoms with Gasteiger partial charge in [0.15, 0.2) is 0 Å². The lowest BCUT2D eigenvalue weighted by Crippen LogP contribution is -2.86. The first-order chi connectivity index (χ1) is 9.29. The van der Waals surface area contributed by atoms with Crippen molar-refractivity contribution >= 4 is 12.1 Å². The summed E-state index contributed by atoms with van der Waals surface area (Å²) in [6.45, 7) is 3.03. The summed E-state index contributed by atoms with van der Waals surface area (Å²) >= 11 is 0. The van der Waals surface area contributed by atoms with Crippen molar-refractivity contribution in [1.82, 2.24) is 10.3 Å². The maximum absolute atomic E-state index is 11.9. The van der Waals surface area contributed by atoms with Gasteiger partial charge in [-0.3, -0.25) is 9.78 Å². The van der Waals surface area contributed by atoms with E-state index in [1.807, 2.05) is 0 Å². The Bertz CT molecular complexity index is 438. The Balaban J connectivity index is 1.85. The number of piperidine rings is 1. The van der Waals surface area contributed by atoms with E-state index in [1.54, 1.807) is 12.1 Å². The Labute approximate surface area is 111 Å². The number of amides is 1. The number of nitrogens with two attached hydrogens (primary N) is 1. The van der Waals surface area contributed by atoms with Gasteiger partial charge in [-0.05, 0) is 18.1 Å². The van der Waals surface area contributed by atoms with Crippen LogP contribution < -0.4 is 10.6 Å². The Kier molecular flexibility index (Phi) is 4.85. The van der Waals surface area contributed by atoms with E-state index in [2.05, 4.69) is 20.8 Å². The molecular formula is C13H19N4O2+. The Hall–Kier alpha value is -1.95. The maximum atomic E-state index is 11.9. The molecule has 1 fully saturated rings. The van der Waals surface area contributed by atoms with Crippen molar-refractivity contribution in [2.75, 3.05) is 19.6 Å². The van der Waals surface area contributed by atoms with Crippen LogP contribution in [0.3, 0.4) is 0 Å². The van der Waals surface area contributed by atoms with Crippen molar-refractivity contribution in [3.05, 3.63) is 29.6 Å². The molecule has 2 heterocycles. The van der Waals surface area contributed by atoms with Crippen molar-refractivity contribution in [2.45, 2.75) is 12.8 Å². The summed E-state index contributed by atoms with van der Waals surface area (Å²) in [6, 6.07) is 3.32. The van der Waals surface area contributed by atoms with Crippen molar-refractivity contribution in [2.24, 2.45) is 11.1 Å². The SMILES string of the molecule is O=C(NCC1CC[NH2+]CC1)c1ccc(C=NO)nc1. The largest absolute Gasteiger partial charge is 0.411 e. The molecule has 1 saturated heterocycles. The van der Waals surface area contributed by atoms with Gasteiger partial charge in [-0.15, -0.1) is 0 Å². The number of nitrogens with one attached hydrogen (secondary N) is 1. The molecule has 6 heteroatoms. The van der Waals surface area contributed by atoms with Crippen molar-refractivity contribution in [1.29, 1.82) is 0 Å². The number of aromatic nitrogens is 1. The van der Waals surface area contributed by atoms with Gasteiger partial charge in [-0.25, -0.2) is 0 Å². The Morgan fingerprint density at radius 2 is 2.32 bits per heavy atom. The minimum absolute atomic E-state index is 0.102.